The minimum absolute atomic E-state index is 0.572. The predicted molar refractivity (Wildman–Crippen MR) is 179 cm³/mol. The van der Waals surface area contributed by atoms with Crippen molar-refractivity contribution in [3.63, 3.8) is 0 Å². The molecule has 5 heteroatoms. The molecule has 0 bridgehead atoms. The van der Waals surface area contributed by atoms with Gasteiger partial charge in [-0.3, -0.25) is 4.98 Å². The maximum absolute atomic E-state index is 9.36. The Bertz CT molecular complexity index is 2320. The van der Waals surface area contributed by atoms with Gasteiger partial charge in [0.15, 0.2) is 5.82 Å². The minimum atomic E-state index is 0.572. The Kier molecular flexibility index (Phi) is 6.44. The van der Waals surface area contributed by atoms with Crippen molar-refractivity contribution >= 4 is 21.9 Å². The molecule has 8 aromatic rings. The van der Waals surface area contributed by atoms with E-state index in [1.54, 1.807) is 12.3 Å². The normalized spacial score (nSPS) is 11.1. The van der Waals surface area contributed by atoms with Crippen molar-refractivity contribution in [3.8, 4) is 62.2 Å². The van der Waals surface area contributed by atoms with Crippen LogP contribution in [0.5, 0.6) is 0 Å². The first-order valence-corrected chi connectivity index (χ1v) is 14.6. The van der Waals surface area contributed by atoms with E-state index in [-0.39, 0.29) is 0 Å². The van der Waals surface area contributed by atoms with Gasteiger partial charge in [0.05, 0.1) is 23.0 Å². The second kappa shape index (κ2) is 11.0. The van der Waals surface area contributed by atoms with Crippen LogP contribution in [0.3, 0.4) is 0 Å². The molecule has 5 aromatic carbocycles. The zero-order valence-electron chi connectivity index (χ0n) is 24.1. The monoisotopic (exact) mass is 576 g/mol. The van der Waals surface area contributed by atoms with E-state index in [1.807, 2.05) is 66.9 Å². The Hall–Kier alpha value is -6.38. The molecule has 0 N–H and O–H groups in total. The van der Waals surface area contributed by atoms with E-state index in [4.69, 9.17) is 14.4 Å². The molecule has 3 heterocycles. The van der Waals surface area contributed by atoms with Crippen LogP contribution < -0.4 is 0 Å². The maximum atomic E-state index is 9.36. The maximum Gasteiger partial charge on any atom is 0.160 e. The number of hydrogen-bond donors (Lipinski definition) is 0. The molecule has 0 atom stereocenters. The number of pyridine rings is 1. The Morgan fingerprint density at radius 3 is 1.73 bits per heavy atom. The van der Waals surface area contributed by atoms with Gasteiger partial charge in [0.25, 0.3) is 0 Å². The van der Waals surface area contributed by atoms with Crippen LogP contribution in [-0.2, 0) is 0 Å². The number of furan rings is 1. The molecule has 0 aliphatic carbocycles. The van der Waals surface area contributed by atoms with Crippen LogP contribution in [0.25, 0.3) is 78.1 Å². The van der Waals surface area contributed by atoms with Crippen LogP contribution in [0.1, 0.15) is 5.56 Å². The summed E-state index contributed by atoms with van der Waals surface area (Å²) in [5.41, 5.74) is 10.7. The Morgan fingerprint density at radius 1 is 0.489 bits per heavy atom. The Balaban J connectivity index is 1.33. The van der Waals surface area contributed by atoms with E-state index in [9.17, 15) is 5.26 Å². The zero-order valence-corrected chi connectivity index (χ0v) is 24.1. The molecule has 8 rings (SSSR count). The van der Waals surface area contributed by atoms with Gasteiger partial charge < -0.3 is 4.42 Å². The largest absolute Gasteiger partial charge is 0.456 e. The van der Waals surface area contributed by atoms with Crippen molar-refractivity contribution in [2.45, 2.75) is 0 Å². The summed E-state index contributed by atoms with van der Waals surface area (Å²) in [5, 5.41) is 11.4. The summed E-state index contributed by atoms with van der Waals surface area (Å²) in [5.74, 6) is 0.635. The summed E-state index contributed by atoms with van der Waals surface area (Å²) in [6.07, 6.45) is 3.65. The number of benzene rings is 5. The third-order valence-electron chi connectivity index (χ3n) is 7.99. The summed E-state index contributed by atoms with van der Waals surface area (Å²) in [6, 6.07) is 46.9. The van der Waals surface area contributed by atoms with Gasteiger partial charge in [-0.1, -0.05) is 72.8 Å². The number of rotatable bonds is 5. The molecule has 3 aromatic heterocycles. The van der Waals surface area contributed by atoms with Crippen molar-refractivity contribution in [2.24, 2.45) is 0 Å². The van der Waals surface area contributed by atoms with Crippen molar-refractivity contribution in [1.29, 1.82) is 5.26 Å². The second-order valence-electron chi connectivity index (χ2n) is 10.9. The fraction of sp³-hybridized carbons (Fsp3) is 0. The van der Waals surface area contributed by atoms with Crippen molar-refractivity contribution in [3.05, 3.63) is 151 Å². The smallest absolute Gasteiger partial charge is 0.160 e. The topological polar surface area (TPSA) is 75.6 Å². The molecule has 0 aliphatic heterocycles. The van der Waals surface area contributed by atoms with Gasteiger partial charge in [-0.25, -0.2) is 9.97 Å². The number of fused-ring (bicyclic) bond motifs is 3. The van der Waals surface area contributed by atoms with E-state index < -0.39 is 0 Å². The molecular formula is C40H24N4O. The molecular weight excluding hydrogens is 552 g/mol. The van der Waals surface area contributed by atoms with Gasteiger partial charge in [-0.05, 0) is 77.4 Å². The van der Waals surface area contributed by atoms with E-state index in [0.717, 1.165) is 66.7 Å². The zero-order chi connectivity index (χ0) is 30.2. The SMILES string of the molecule is N#Cc1ccc2c(c1)oc1cc(-c3cc(-c4cccnc4)cc(-c4nc(-c5ccccc5)cc(-c5ccccc5)n4)c3)ccc12. The lowest BCUT2D eigenvalue weighted by Gasteiger charge is -2.13. The van der Waals surface area contributed by atoms with Crippen LogP contribution in [0.2, 0.25) is 0 Å². The van der Waals surface area contributed by atoms with E-state index in [1.165, 1.54) is 0 Å². The van der Waals surface area contributed by atoms with Crippen LogP contribution in [0.15, 0.2) is 150 Å². The van der Waals surface area contributed by atoms with Gasteiger partial charge >= 0.3 is 0 Å². The first-order chi connectivity index (χ1) is 22.2. The average Bonchev–Trinajstić information content (AvgIpc) is 3.49. The number of aromatic nitrogens is 3. The molecule has 5 nitrogen and oxygen atoms in total. The quantitative estimate of drug-likeness (QED) is 0.204. The highest BCUT2D eigenvalue weighted by atomic mass is 16.3. The molecule has 0 fully saturated rings. The van der Waals surface area contributed by atoms with Crippen molar-refractivity contribution in [2.75, 3.05) is 0 Å². The highest BCUT2D eigenvalue weighted by Crippen LogP contribution is 2.37. The fourth-order valence-electron chi connectivity index (χ4n) is 5.74. The fourth-order valence-corrected chi connectivity index (χ4v) is 5.74. The third-order valence-corrected chi connectivity index (χ3v) is 7.99. The summed E-state index contributed by atoms with van der Waals surface area (Å²) >= 11 is 0. The highest BCUT2D eigenvalue weighted by molar-refractivity contribution is 6.06. The molecule has 0 spiro atoms. The molecule has 0 saturated heterocycles. The minimum Gasteiger partial charge on any atom is -0.456 e. The predicted octanol–water partition coefficient (Wildman–Crippen LogP) is 9.98. The molecule has 0 amide bonds. The molecule has 45 heavy (non-hydrogen) atoms. The van der Waals surface area contributed by atoms with Crippen molar-refractivity contribution in [1.82, 2.24) is 15.0 Å². The molecule has 0 radical (unpaired) electrons. The lowest BCUT2D eigenvalue weighted by atomic mass is 9.95. The summed E-state index contributed by atoms with van der Waals surface area (Å²) in [4.78, 5) is 14.6. The van der Waals surface area contributed by atoms with Gasteiger partial charge in [-0.15, -0.1) is 0 Å². The average molecular weight is 577 g/mol. The summed E-state index contributed by atoms with van der Waals surface area (Å²) in [6.45, 7) is 0. The molecule has 0 unspecified atom stereocenters. The molecule has 0 saturated carbocycles. The van der Waals surface area contributed by atoms with E-state index in [2.05, 4.69) is 77.8 Å². The highest BCUT2D eigenvalue weighted by Gasteiger charge is 2.15. The second-order valence-corrected chi connectivity index (χ2v) is 10.9. The van der Waals surface area contributed by atoms with Crippen molar-refractivity contribution < 1.29 is 4.42 Å². The number of nitrogens with zero attached hydrogens (tertiary/aromatic N) is 4. The first-order valence-electron chi connectivity index (χ1n) is 14.6. The number of hydrogen-bond acceptors (Lipinski definition) is 5. The van der Waals surface area contributed by atoms with Gasteiger partial charge in [0, 0.05) is 45.4 Å². The first kappa shape index (κ1) is 26.3. The van der Waals surface area contributed by atoms with Crippen LogP contribution in [-0.4, -0.2) is 15.0 Å². The van der Waals surface area contributed by atoms with Gasteiger partial charge in [-0.2, -0.15) is 5.26 Å². The van der Waals surface area contributed by atoms with E-state index >= 15 is 0 Å². The van der Waals surface area contributed by atoms with Crippen LogP contribution in [0, 0.1) is 11.3 Å². The third kappa shape index (κ3) is 5.01. The molecule has 210 valence electrons. The Morgan fingerprint density at radius 2 is 1.09 bits per heavy atom. The standard InChI is InChI=1S/C40H24N4O/c41-24-26-13-15-34-35-16-14-29(22-39(35)45-38(34)18-26)31-19-32(30-12-7-17-42-25-30)21-33(20-31)40-43-36(27-8-3-1-4-9-27)23-37(44-40)28-10-5-2-6-11-28/h1-23,25H. The summed E-state index contributed by atoms with van der Waals surface area (Å²) < 4.78 is 6.23. The van der Waals surface area contributed by atoms with Crippen LogP contribution >= 0.6 is 0 Å². The van der Waals surface area contributed by atoms with Gasteiger partial charge in [0.2, 0.25) is 0 Å². The number of nitriles is 1. The van der Waals surface area contributed by atoms with Crippen LogP contribution in [0.4, 0.5) is 0 Å². The summed E-state index contributed by atoms with van der Waals surface area (Å²) in [7, 11) is 0. The van der Waals surface area contributed by atoms with E-state index in [0.29, 0.717) is 17.0 Å². The van der Waals surface area contributed by atoms with Gasteiger partial charge in [0.1, 0.15) is 11.2 Å². The lowest BCUT2D eigenvalue weighted by molar-refractivity contribution is 0.669. The molecule has 0 aliphatic rings. The Labute approximate surface area is 259 Å². The lowest BCUT2D eigenvalue weighted by Crippen LogP contribution is -1.97.